The summed E-state index contributed by atoms with van der Waals surface area (Å²) in [5.41, 5.74) is 2.00. The highest BCUT2D eigenvalue weighted by Gasteiger charge is 2.44. The van der Waals surface area contributed by atoms with Crippen LogP contribution in [0.1, 0.15) is 37.2 Å². The molecule has 1 aromatic carbocycles. The number of fused-ring (bicyclic) bond motifs is 1. The van der Waals surface area contributed by atoms with Crippen molar-refractivity contribution in [3.63, 3.8) is 0 Å². The molecule has 1 aromatic heterocycles. The Hall–Kier alpha value is -1.73. The van der Waals surface area contributed by atoms with Gasteiger partial charge in [0, 0.05) is 22.5 Å². The van der Waals surface area contributed by atoms with Gasteiger partial charge in [0.15, 0.2) is 16.7 Å². The Morgan fingerprint density at radius 3 is 2.96 bits per heavy atom. The van der Waals surface area contributed by atoms with Gasteiger partial charge in [-0.3, -0.25) is 9.98 Å². The van der Waals surface area contributed by atoms with Crippen LogP contribution in [0.15, 0.2) is 46.0 Å². The predicted molar refractivity (Wildman–Crippen MR) is 108 cm³/mol. The van der Waals surface area contributed by atoms with Crippen LogP contribution in [0.3, 0.4) is 0 Å². The molecule has 0 radical (unpaired) electrons. The van der Waals surface area contributed by atoms with Gasteiger partial charge in [0.1, 0.15) is 6.04 Å². The standard InChI is InChI=1S/C19H20BrN3O2S/c1-3-25-16-8-12(13(20)9-15(16)24)18-17(14-6-4-5-7-21-14)22-19-23(18)10-11(2)26-19/h4-9,11,17-18,24H,3,10H2,1-2H3. The molecular weight excluding hydrogens is 414 g/mol. The van der Waals surface area contributed by atoms with Gasteiger partial charge in [0.05, 0.1) is 18.3 Å². The fourth-order valence-electron chi connectivity index (χ4n) is 3.51. The average molecular weight is 434 g/mol. The third-order valence-electron chi connectivity index (χ3n) is 4.58. The number of ether oxygens (including phenoxy) is 1. The summed E-state index contributed by atoms with van der Waals surface area (Å²) in [6, 6.07) is 9.51. The average Bonchev–Trinajstić information content (AvgIpc) is 3.14. The summed E-state index contributed by atoms with van der Waals surface area (Å²) in [5.74, 6) is 0.638. The number of thioether (sulfide) groups is 1. The third-order valence-corrected chi connectivity index (χ3v) is 6.37. The Morgan fingerprint density at radius 2 is 2.23 bits per heavy atom. The van der Waals surface area contributed by atoms with Crippen LogP contribution >= 0.6 is 27.7 Å². The third kappa shape index (κ3) is 3.07. The van der Waals surface area contributed by atoms with E-state index in [1.165, 1.54) is 0 Å². The number of rotatable bonds is 4. The molecule has 7 heteroatoms. The molecule has 4 rings (SSSR count). The molecule has 3 atom stereocenters. The second-order valence-electron chi connectivity index (χ2n) is 6.41. The maximum Gasteiger partial charge on any atom is 0.161 e. The van der Waals surface area contributed by atoms with Crippen LogP contribution in [-0.2, 0) is 0 Å². The van der Waals surface area contributed by atoms with Crippen molar-refractivity contribution < 1.29 is 9.84 Å². The Kier molecular flexibility index (Phi) is 4.84. The van der Waals surface area contributed by atoms with Gasteiger partial charge in [0.2, 0.25) is 0 Å². The van der Waals surface area contributed by atoms with E-state index in [-0.39, 0.29) is 17.8 Å². The van der Waals surface area contributed by atoms with Gasteiger partial charge < -0.3 is 14.7 Å². The van der Waals surface area contributed by atoms with Crippen molar-refractivity contribution in [2.45, 2.75) is 31.2 Å². The molecule has 0 bridgehead atoms. The van der Waals surface area contributed by atoms with E-state index in [0.29, 0.717) is 17.6 Å². The number of aromatic nitrogens is 1. The fourth-order valence-corrected chi connectivity index (χ4v) is 5.17. The maximum atomic E-state index is 10.2. The highest BCUT2D eigenvalue weighted by Crippen LogP contribution is 2.50. The largest absolute Gasteiger partial charge is 0.504 e. The minimum Gasteiger partial charge on any atom is -0.504 e. The van der Waals surface area contributed by atoms with Crippen molar-refractivity contribution in [2.75, 3.05) is 13.2 Å². The number of aromatic hydroxyl groups is 1. The minimum atomic E-state index is -0.0819. The molecule has 3 unspecified atom stereocenters. The zero-order chi connectivity index (χ0) is 18.3. The summed E-state index contributed by atoms with van der Waals surface area (Å²) in [7, 11) is 0. The van der Waals surface area contributed by atoms with Gasteiger partial charge >= 0.3 is 0 Å². The number of benzene rings is 1. The summed E-state index contributed by atoms with van der Waals surface area (Å²) >= 11 is 5.44. The van der Waals surface area contributed by atoms with Crippen molar-refractivity contribution in [1.82, 2.24) is 9.88 Å². The van der Waals surface area contributed by atoms with E-state index in [1.54, 1.807) is 6.07 Å². The molecule has 1 fully saturated rings. The summed E-state index contributed by atoms with van der Waals surface area (Å²) in [4.78, 5) is 11.9. The molecule has 136 valence electrons. The van der Waals surface area contributed by atoms with Crippen molar-refractivity contribution >= 4 is 32.9 Å². The van der Waals surface area contributed by atoms with Crippen molar-refractivity contribution in [3.8, 4) is 11.5 Å². The maximum absolute atomic E-state index is 10.2. The van der Waals surface area contributed by atoms with Crippen molar-refractivity contribution in [2.24, 2.45) is 4.99 Å². The number of nitrogens with zero attached hydrogens (tertiary/aromatic N) is 3. The second kappa shape index (κ2) is 7.12. The lowest BCUT2D eigenvalue weighted by atomic mass is 9.96. The first kappa shape index (κ1) is 17.7. The summed E-state index contributed by atoms with van der Waals surface area (Å²) in [6.07, 6.45) is 1.81. The Labute approximate surface area is 165 Å². The zero-order valence-corrected chi connectivity index (χ0v) is 17.0. The van der Waals surface area contributed by atoms with E-state index in [2.05, 4.69) is 32.7 Å². The molecular formula is C19H20BrN3O2S. The smallest absolute Gasteiger partial charge is 0.161 e. The lowest BCUT2D eigenvalue weighted by Gasteiger charge is -2.28. The number of pyridine rings is 1. The summed E-state index contributed by atoms with van der Waals surface area (Å²) in [6.45, 7) is 5.57. The quantitative estimate of drug-likeness (QED) is 0.766. The molecule has 2 aromatic rings. The Bertz CT molecular complexity index is 846. The van der Waals surface area contributed by atoms with Gasteiger partial charge in [-0.1, -0.05) is 40.7 Å². The molecule has 0 spiro atoms. The monoisotopic (exact) mass is 433 g/mol. The molecule has 0 saturated carbocycles. The predicted octanol–water partition coefficient (Wildman–Crippen LogP) is 4.54. The molecule has 0 amide bonds. The number of halogens is 1. The van der Waals surface area contributed by atoms with Gasteiger partial charge in [-0.25, -0.2) is 0 Å². The normalized spacial score (nSPS) is 24.5. The molecule has 2 aliphatic rings. The van der Waals surface area contributed by atoms with E-state index in [1.807, 2.05) is 49.1 Å². The molecule has 1 saturated heterocycles. The van der Waals surface area contributed by atoms with Crippen molar-refractivity contribution in [1.29, 1.82) is 0 Å². The SMILES string of the molecule is CCOc1cc(C2C(c3ccccn3)N=C3SC(C)CN32)c(Br)cc1O. The zero-order valence-electron chi connectivity index (χ0n) is 14.6. The van der Waals surface area contributed by atoms with E-state index >= 15 is 0 Å². The molecule has 26 heavy (non-hydrogen) atoms. The van der Waals surface area contributed by atoms with Crippen LogP contribution in [0.25, 0.3) is 0 Å². The first-order chi connectivity index (χ1) is 12.6. The van der Waals surface area contributed by atoms with Crippen LogP contribution < -0.4 is 4.74 Å². The first-order valence-electron chi connectivity index (χ1n) is 8.65. The number of hydrogen-bond acceptors (Lipinski definition) is 6. The van der Waals surface area contributed by atoms with Crippen molar-refractivity contribution in [3.05, 3.63) is 52.3 Å². The lowest BCUT2D eigenvalue weighted by molar-refractivity contribution is 0.306. The van der Waals surface area contributed by atoms with Crippen LogP contribution in [-0.4, -0.2) is 38.6 Å². The topological polar surface area (TPSA) is 58.0 Å². The Balaban J connectivity index is 1.81. The van der Waals surface area contributed by atoms with Crippen LogP contribution in [0.4, 0.5) is 0 Å². The molecule has 2 aliphatic heterocycles. The van der Waals surface area contributed by atoms with Crippen LogP contribution in [0, 0.1) is 0 Å². The highest BCUT2D eigenvalue weighted by molar-refractivity contribution is 9.10. The van der Waals surface area contributed by atoms with E-state index in [4.69, 9.17) is 9.73 Å². The second-order valence-corrected chi connectivity index (χ2v) is 8.67. The highest BCUT2D eigenvalue weighted by atomic mass is 79.9. The minimum absolute atomic E-state index is 0.0199. The molecule has 0 aliphatic carbocycles. The molecule has 5 nitrogen and oxygen atoms in total. The fraction of sp³-hybridized carbons (Fsp3) is 0.368. The molecule has 3 heterocycles. The first-order valence-corrected chi connectivity index (χ1v) is 10.3. The lowest BCUT2D eigenvalue weighted by Crippen LogP contribution is -2.28. The summed E-state index contributed by atoms with van der Waals surface area (Å²) in [5, 5.41) is 11.8. The van der Waals surface area contributed by atoms with Gasteiger partial charge in [-0.05, 0) is 36.8 Å². The number of phenols is 1. The number of amidine groups is 1. The number of phenolic OH excluding ortho intramolecular Hbond substituents is 1. The van der Waals surface area contributed by atoms with E-state index in [0.717, 1.165) is 27.4 Å². The summed E-state index contributed by atoms with van der Waals surface area (Å²) < 4.78 is 6.47. The van der Waals surface area contributed by atoms with E-state index in [9.17, 15) is 5.11 Å². The number of aliphatic imine (C=N–C) groups is 1. The van der Waals surface area contributed by atoms with Crippen LogP contribution in [0.5, 0.6) is 11.5 Å². The van der Waals surface area contributed by atoms with Crippen LogP contribution in [0.2, 0.25) is 0 Å². The van der Waals surface area contributed by atoms with Gasteiger partial charge in [-0.15, -0.1) is 0 Å². The van der Waals surface area contributed by atoms with E-state index < -0.39 is 0 Å². The molecule has 1 N–H and O–H groups in total. The number of hydrogen-bond donors (Lipinski definition) is 1. The van der Waals surface area contributed by atoms with Gasteiger partial charge in [-0.2, -0.15) is 0 Å². The van der Waals surface area contributed by atoms with Gasteiger partial charge in [0.25, 0.3) is 0 Å². The Morgan fingerprint density at radius 1 is 1.38 bits per heavy atom.